The molecule has 53 heavy (non-hydrogen) atoms. The molecule has 3 N–H and O–H groups in total. The van der Waals surface area contributed by atoms with Crippen molar-refractivity contribution in [3.05, 3.63) is 53.2 Å². The third-order valence-electron chi connectivity index (χ3n) is 9.40. The number of halogens is 1. The Morgan fingerprint density at radius 3 is 2.42 bits per heavy atom. The number of likely N-dealkylation sites (tertiary alicyclic amines) is 1. The summed E-state index contributed by atoms with van der Waals surface area (Å²) in [5, 5.41) is 9.55. The van der Waals surface area contributed by atoms with Crippen molar-refractivity contribution in [2.75, 3.05) is 79.8 Å². The molecule has 14 nitrogen and oxygen atoms in total. The minimum absolute atomic E-state index is 0.0695. The lowest BCUT2D eigenvalue weighted by Crippen LogP contribution is -2.52. The number of nitrogens with one attached hydrogen (secondary N) is 3. The zero-order valence-electron chi connectivity index (χ0n) is 31.6. The van der Waals surface area contributed by atoms with Crippen LogP contribution in [-0.2, 0) is 21.4 Å². The Kier molecular flexibility index (Phi) is 13.3. The van der Waals surface area contributed by atoms with Crippen LogP contribution in [0.4, 0.5) is 39.3 Å². The molecule has 2 aliphatic heterocycles. The Balaban J connectivity index is 1.14. The first kappa shape index (κ1) is 39.9. The number of anilines is 6. The van der Waals surface area contributed by atoms with E-state index in [9.17, 15) is 13.8 Å². The number of carbonyl (C=O) groups excluding carboxylic acids is 2. The molecule has 1 aromatic heterocycles. The van der Waals surface area contributed by atoms with Crippen LogP contribution in [0.5, 0.6) is 5.75 Å². The van der Waals surface area contributed by atoms with Crippen LogP contribution in [0.15, 0.2) is 42.6 Å². The predicted octanol–water partition coefficient (Wildman–Crippen LogP) is 5.50. The summed E-state index contributed by atoms with van der Waals surface area (Å²) < 4.78 is 24.2. The smallest absolute Gasteiger partial charge is 0.408 e. The van der Waals surface area contributed by atoms with Crippen LogP contribution < -0.4 is 29.9 Å². The standard InChI is InChI=1S/C37H52ClN9O5S/c1-24-20-29(42-35-39-22-27(38)33(43-35)41-28-10-8-9-11-30(28)44(6)53-50)32(51-7)21-31(24)46-18-16-45(17-19-46)23-26-12-14-47(15-13-26)34(48)25(2)40-36(49)52-37(3,4)5/h8-11,20-22,25-26,53H,12-19,23H2,1-7H3,(H,40,49)(H2,39,41,42,43)/t25-/m0/s1. The number of para-hydroxylation sites is 2. The van der Waals surface area contributed by atoms with Gasteiger partial charge in [0.25, 0.3) is 0 Å². The van der Waals surface area contributed by atoms with Crippen LogP contribution in [0.25, 0.3) is 0 Å². The van der Waals surface area contributed by atoms with Gasteiger partial charge in [-0.05, 0) is 77.1 Å². The van der Waals surface area contributed by atoms with E-state index < -0.39 is 17.7 Å². The van der Waals surface area contributed by atoms with Crippen molar-refractivity contribution in [1.29, 1.82) is 0 Å². The maximum Gasteiger partial charge on any atom is 0.408 e. The number of methoxy groups -OCH3 is 1. The van der Waals surface area contributed by atoms with E-state index in [0.717, 1.165) is 68.2 Å². The van der Waals surface area contributed by atoms with Gasteiger partial charge < -0.3 is 35.2 Å². The molecule has 0 radical (unpaired) electrons. The summed E-state index contributed by atoms with van der Waals surface area (Å²) in [6, 6.07) is 10.9. The van der Waals surface area contributed by atoms with Crippen molar-refractivity contribution >= 4 is 70.0 Å². The predicted molar refractivity (Wildman–Crippen MR) is 213 cm³/mol. The van der Waals surface area contributed by atoms with Gasteiger partial charge in [-0.2, -0.15) is 4.98 Å². The monoisotopic (exact) mass is 769 g/mol. The average molecular weight is 770 g/mol. The number of nitrogens with zero attached hydrogens (tertiary/aromatic N) is 6. The van der Waals surface area contributed by atoms with Gasteiger partial charge in [-0.15, -0.1) is 0 Å². The fourth-order valence-corrected chi connectivity index (χ4v) is 7.05. The van der Waals surface area contributed by atoms with Gasteiger partial charge in [0.05, 0.1) is 30.4 Å². The number of piperazine rings is 1. The summed E-state index contributed by atoms with van der Waals surface area (Å²) in [6.07, 6.45) is 2.84. The normalized spacial score (nSPS) is 16.2. The van der Waals surface area contributed by atoms with Crippen LogP contribution >= 0.6 is 11.6 Å². The Morgan fingerprint density at radius 1 is 1.06 bits per heavy atom. The highest BCUT2D eigenvalue weighted by Crippen LogP contribution is 2.36. The summed E-state index contributed by atoms with van der Waals surface area (Å²) >= 11 is 6.33. The second-order valence-electron chi connectivity index (χ2n) is 14.5. The number of amides is 2. The van der Waals surface area contributed by atoms with E-state index in [1.165, 1.54) is 6.20 Å². The molecule has 16 heteroatoms. The SMILES string of the molecule is COc1cc(N2CCN(CC3CCN(C(=O)[C@H](C)NC(=O)OC(C)(C)C)CC3)CC2)c(C)cc1Nc1ncc(Cl)c(Nc2ccccc2N(C)[SH]=O)n1. The third kappa shape index (κ3) is 10.6. The van der Waals surface area contributed by atoms with Crippen LogP contribution in [0.1, 0.15) is 46.1 Å². The zero-order valence-corrected chi connectivity index (χ0v) is 33.3. The minimum Gasteiger partial charge on any atom is -0.494 e. The third-order valence-corrected chi connectivity index (χ3v) is 10.1. The van der Waals surface area contributed by atoms with Gasteiger partial charge in [-0.25, -0.2) is 14.0 Å². The number of alkyl carbamates (subject to hydrolysis) is 1. The summed E-state index contributed by atoms with van der Waals surface area (Å²) in [7, 11) is 3.37. The number of aryl methyl sites for hydroxylation is 1. The van der Waals surface area contributed by atoms with Crippen molar-refractivity contribution in [3.63, 3.8) is 0 Å². The Hall–Kier alpha value is -4.34. The number of rotatable bonds is 12. The Bertz CT molecular complexity index is 1760. The molecule has 0 aliphatic carbocycles. The number of hydrogen-bond donors (Lipinski definition) is 4. The molecule has 2 aliphatic rings. The number of carbonyl (C=O) groups is 2. The molecule has 2 amide bonds. The largest absolute Gasteiger partial charge is 0.494 e. The van der Waals surface area contributed by atoms with Gasteiger partial charge in [0.15, 0.2) is 5.82 Å². The van der Waals surface area contributed by atoms with E-state index >= 15 is 0 Å². The Labute approximate surface area is 321 Å². The van der Waals surface area contributed by atoms with E-state index in [1.54, 1.807) is 46.2 Å². The van der Waals surface area contributed by atoms with Crippen LogP contribution in [0.2, 0.25) is 5.02 Å². The molecule has 0 spiro atoms. The molecule has 5 rings (SSSR count). The van der Waals surface area contributed by atoms with E-state index in [-0.39, 0.29) is 17.8 Å². The van der Waals surface area contributed by atoms with Gasteiger partial charge >= 0.3 is 6.09 Å². The number of aromatic nitrogens is 2. The number of piperidine rings is 1. The van der Waals surface area contributed by atoms with E-state index in [2.05, 4.69) is 48.7 Å². The molecule has 288 valence electrons. The van der Waals surface area contributed by atoms with Crippen molar-refractivity contribution in [2.24, 2.45) is 5.92 Å². The lowest BCUT2D eigenvalue weighted by molar-refractivity contribution is -0.134. The highest BCUT2D eigenvalue weighted by molar-refractivity contribution is 7.67. The zero-order chi connectivity index (χ0) is 38.3. The van der Waals surface area contributed by atoms with Crippen molar-refractivity contribution in [3.8, 4) is 5.75 Å². The lowest BCUT2D eigenvalue weighted by Gasteiger charge is -2.40. The van der Waals surface area contributed by atoms with Crippen LogP contribution in [0.3, 0.4) is 0 Å². The number of ether oxygens (including phenoxy) is 2. The molecule has 0 saturated carbocycles. The van der Waals surface area contributed by atoms with E-state index in [4.69, 9.17) is 21.1 Å². The molecule has 2 saturated heterocycles. The average Bonchev–Trinajstić information content (AvgIpc) is 3.12. The molecular weight excluding hydrogens is 718 g/mol. The first-order valence-electron chi connectivity index (χ1n) is 17.9. The topological polar surface area (TPSA) is 144 Å². The van der Waals surface area contributed by atoms with Crippen LogP contribution in [-0.4, -0.2) is 108 Å². The molecule has 0 unspecified atom stereocenters. The van der Waals surface area contributed by atoms with Crippen LogP contribution in [0, 0.1) is 12.8 Å². The number of hydrogen-bond acceptors (Lipinski definition) is 11. The summed E-state index contributed by atoms with van der Waals surface area (Å²) in [4.78, 5) is 40.9. The van der Waals surface area contributed by atoms with E-state index in [1.807, 2.05) is 35.2 Å². The maximum atomic E-state index is 13.0. The number of thiol groups is 1. The van der Waals surface area contributed by atoms with Crippen molar-refractivity contribution in [1.82, 2.24) is 25.1 Å². The van der Waals surface area contributed by atoms with Gasteiger partial charge in [0.2, 0.25) is 11.9 Å². The second-order valence-corrected chi connectivity index (χ2v) is 15.7. The minimum atomic E-state index is -0.630. The molecule has 2 fully saturated rings. The molecule has 0 bridgehead atoms. The highest BCUT2D eigenvalue weighted by atomic mass is 35.5. The van der Waals surface area contributed by atoms with Crippen molar-refractivity contribution < 1.29 is 23.3 Å². The van der Waals surface area contributed by atoms with Gasteiger partial charge in [0, 0.05) is 64.6 Å². The first-order valence-corrected chi connectivity index (χ1v) is 19.1. The maximum absolute atomic E-state index is 13.0. The fraction of sp³-hybridized carbons (Fsp3) is 0.514. The number of benzene rings is 2. The summed E-state index contributed by atoms with van der Waals surface area (Å²) in [6.45, 7) is 15.2. The van der Waals surface area contributed by atoms with Gasteiger partial charge in [-0.1, -0.05) is 23.7 Å². The second kappa shape index (κ2) is 17.7. The van der Waals surface area contributed by atoms with Gasteiger partial charge in [0.1, 0.15) is 34.3 Å². The Morgan fingerprint density at radius 2 is 1.75 bits per heavy atom. The molecule has 3 heterocycles. The fourth-order valence-electron chi connectivity index (χ4n) is 6.65. The van der Waals surface area contributed by atoms with Gasteiger partial charge in [-0.3, -0.25) is 14.0 Å². The summed E-state index contributed by atoms with van der Waals surface area (Å²) in [5.74, 6) is 1.86. The van der Waals surface area contributed by atoms with Crippen molar-refractivity contribution in [2.45, 2.75) is 59.1 Å². The van der Waals surface area contributed by atoms with E-state index in [0.29, 0.717) is 47.2 Å². The summed E-state index contributed by atoms with van der Waals surface area (Å²) in [5.41, 5.74) is 3.74. The molecule has 2 aromatic carbocycles. The molecule has 3 aromatic rings. The lowest BCUT2D eigenvalue weighted by atomic mass is 9.95. The highest BCUT2D eigenvalue weighted by Gasteiger charge is 2.30. The quantitative estimate of drug-likeness (QED) is 0.173. The molecule has 1 atom stereocenters. The first-order chi connectivity index (χ1) is 25.2. The molecular formula is C37H52ClN9O5S.